The second kappa shape index (κ2) is 6.57. The summed E-state index contributed by atoms with van der Waals surface area (Å²) >= 11 is 1.30. The van der Waals surface area contributed by atoms with Gasteiger partial charge in [-0.3, -0.25) is 0 Å². The van der Waals surface area contributed by atoms with Gasteiger partial charge in [-0.15, -0.1) is 11.3 Å². The third-order valence-corrected chi connectivity index (χ3v) is 4.80. The van der Waals surface area contributed by atoms with Gasteiger partial charge in [-0.25, -0.2) is 14.6 Å². The van der Waals surface area contributed by atoms with Gasteiger partial charge in [0.05, 0.1) is 10.7 Å². The maximum Gasteiger partial charge on any atom is 0.350 e. The van der Waals surface area contributed by atoms with Crippen molar-refractivity contribution in [2.75, 3.05) is 0 Å². The lowest BCUT2D eigenvalue weighted by Gasteiger charge is -2.07. The molecule has 0 N–H and O–H groups in total. The summed E-state index contributed by atoms with van der Waals surface area (Å²) in [6, 6.07) is 7.08. The van der Waals surface area contributed by atoms with E-state index >= 15 is 0 Å². The highest BCUT2D eigenvalue weighted by Crippen LogP contribution is 2.22. The van der Waals surface area contributed by atoms with Crippen LogP contribution in [0.3, 0.4) is 0 Å². The number of fused-ring (bicyclic) bond motifs is 1. The summed E-state index contributed by atoms with van der Waals surface area (Å²) in [6.07, 6.45) is 0.850. The van der Waals surface area contributed by atoms with Crippen molar-refractivity contribution >= 4 is 28.3 Å². The van der Waals surface area contributed by atoms with Gasteiger partial charge in [-0.2, -0.15) is 0 Å². The third kappa shape index (κ3) is 3.23. The first-order valence-corrected chi connectivity index (χ1v) is 8.46. The summed E-state index contributed by atoms with van der Waals surface area (Å²) in [5.41, 5.74) is 2.43. The van der Waals surface area contributed by atoms with Gasteiger partial charge in [0.15, 0.2) is 0 Å². The minimum Gasteiger partial charge on any atom is -0.457 e. The number of esters is 1. The molecule has 3 rings (SSSR count). The topological polar surface area (TPSA) is 69.4 Å². The van der Waals surface area contributed by atoms with Crippen molar-refractivity contribution in [3.05, 3.63) is 61.4 Å². The first-order chi connectivity index (χ1) is 11.5. The number of benzene rings is 1. The summed E-state index contributed by atoms with van der Waals surface area (Å²) in [7, 11) is 0. The molecule has 124 valence electrons. The lowest BCUT2D eigenvalue weighted by atomic mass is 10.1. The number of rotatable bonds is 4. The van der Waals surface area contributed by atoms with Gasteiger partial charge in [0.25, 0.3) is 0 Å². The molecule has 0 saturated carbocycles. The van der Waals surface area contributed by atoms with Gasteiger partial charge in [0.1, 0.15) is 17.1 Å². The normalized spacial score (nSPS) is 11.0. The molecule has 5 nitrogen and oxygen atoms in total. The minimum atomic E-state index is -0.452. The fraction of sp³-hybridized carbons (Fsp3) is 0.278. The maximum atomic E-state index is 12.2. The third-order valence-electron chi connectivity index (χ3n) is 3.75. The average Bonchev–Trinajstić information content (AvgIpc) is 2.90. The standard InChI is InChI=1S/C18H17NO4S/c1-4-12-5-6-14-13(8-16(20)23-15(14)7-12)9-22-18(21)17-10(2)19-11(3)24-17/h5-8H,4,9H2,1-3H3. The number of hydrogen-bond donors (Lipinski definition) is 0. The lowest BCUT2D eigenvalue weighted by Crippen LogP contribution is -2.08. The van der Waals surface area contributed by atoms with E-state index in [4.69, 9.17) is 9.15 Å². The fourth-order valence-electron chi connectivity index (χ4n) is 2.54. The fourth-order valence-corrected chi connectivity index (χ4v) is 3.36. The molecule has 0 saturated heterocycles. The minimum absolute atomic E-state index is 0.0167. The highest BCUT2D eigenvalue weighted by Gasteiger charge is 2.16. The number of thiazole rings is 1. The molecule has 1 aromatic carbocycles. The van der Waals surface area contributed by atoms with Crippen LogP contribution in [-0.4, -0.2) is 11.0 Å². The molecular weight excluding hydrogens is 326 g/mol. The summed E-state index contributed by atoms with van der Waals surface area (Å²) in [5.74, 6) is -0.426. The SMILES string of the molecule is CCc1ccc2c(COC(=O)c3sc(C)nc3C)cc(=O)oc2c1. The van der Waals surface area contributed by atoms with Crippen LogP contribution in [0.5, 0.6) is 0 Å². The van der Waals surface area contributed by atoms with Crippen LogP contribution in [0.25, 0.3) is 11.0 Å². The Balaban J connectivity index is 1.88. The van der Waals surface area contributed by atoms with Crippen LogP contribution < -0.4 is 5.63 Å². The van der Waals surface area contributed by atoms with Crippen LogP contribution in [0.4, 0.5) is 0 Å². The molecule has 0 bridgehead atoms. The van der Waals surface area contributed by atoms with E-state index in [1.54, 1.807) is 6.92 Å². The molecule has 2 aromatic heterocycles. The number of carbonyl (C=O) groups is 1. The molecule has 0 spiro atoms. The summed E-state index contributed by atoms with van der Waals surface area (Å²) in [4.78, 5) is 28.7. The number of carbonyl (C=O) groups excluding carboxylic acids is 1. The van der Waals surface area contributed by atoms with Crippen molar-refractivity contribution < 1.29 is 13.9 Å². The second-order valence-corrected chi connectivity index (χ2v) is 6.70. The van der Waals surface area contributed by atoms with Gasteiger partial charge in [-0.05, 0) is 31.9 Å². The molecule has 0 fully saturated rings. The Kier molecular flexibility index (Phi) is 4.49. The van der Waals surface area contributed by atoms with Gasteiger partial charge in [0.2, 0.25) is 0 Å². The summed E-state index contributed by atoms with van der Waals surface area (Å²) in [5, 5.41) is 1.59. The zero-order chi connectivity index (χ0) is 17.3. The van der Waals surface area contributed by atoms with Crippen molar-refractivity contribution in [3.8, 4) is 0 Å². The molecule has 0 atom stereocenters. The van der Waals surface area contributed by atoms with E-state index in [0.717, 1.165) is 22.4 Å². The smallest absolute Gasteiger partial charge is 0.350 e. The molecule has 0 amide bonds. The second-order valence-electron chi connectivity index (χ2n) is 5.50. The van der Waals surface area contributed by atoms with Crippen LogP contribution in [0.1, 0.15) is 38.4 Å². The molecule has 0 unspecified atom stereocenters. The number of hydrogen-bond acceptors (Lipinski definition) is 6. The highest BCUT2D eigenvalue weighted by atomic mass is 32.1. The molecule has 0 radical (unpaired) electrons. The first-order valence-electron chi connectivity index (χ1n) is 7.64. The molecule has 0 aliphatic heterocycles. The molecule has 24 heavy (non-hydrogen) atoms. The van der Waals surface area contributed by atoms with E-state index in [9.17, 15) is 9.59 Å². The van der Waals surface area contributed by atoms with E-state index in [0.29, 0.717) is 21.7 Å². The van der Waals surface area contributed by atoms with Crippen LogP contribution in [-0.2, 0) is 17.8 Å². The van der Waals surface area contributed by atoms with Gasteiger partial charge in [-0.1, -0.05) is 19.1 Å². The van der Waals surface area contributed by atoms with Crippen LogP contribution in [0, 0.1) is 13.8 Å². The Bertz CT molecular complexity index is 971. The zero-order valence-electron chi connectivity index (χ0n) is 13.7. The van der Waals surface area contributed by atoms with Crippen molar-refractivity contribution in [1.29, 1.82) is 0 Å². The van der Waals surface area contributed by atoms with Crippen molar-refractivity contribution in [3.63, 3.8) is 0 Å². The Morgan fingerprint density at radius 1 is 1.29 bits per heavy atom. The molecule has 3 aromatic rings. The Morgan fingerprint density at radius 3 is 2.75 bits per heavy atom. The monoisotopic (exact) mass is 343 g/mol. The van der Waals surface area contributed by atoms with E-state index in [2.05, 4.69) is 4.98 Å². The lowest BCUT2D eigenvalue weighted by molar-refractivity contribution is 0.0478. The van der Waals surface area contributed by atoms with E-state index in [1.165, 1.54) is 17.4 Å². The van der Waals surface area contributed by atoms with Crippen molar-refractivity contribution in [2.45, 2.75) is 33.8 Å². The first kappa shape index (κ1) is 16.4. The van der Waals surface area contributed by atoms with Crippen molar-refractivity contribution in [2.24, 2.45) is 0 Å². The van der Waals surface area contributed by atoms with E-state index < -0.39 is 11.6 Å². The van der Waals surface area contributed by atoms with Gasteiger partial charge >= 0.3 is 11.6 Å². The summed E-state index contributed by atoms with van der Waals surface area (Å²) < 4.78 is 10.6. The average molecular weight is 343 g/mol. The molecule has 2 heterocycles. The number of aromatic nitrogens is 1. The summed E-state index contributed by atoms with van der Waals surface area (Å²) in [6.45, 7) is 5.67. The maximum absolute atomic E-state index is 12.2. The van der Waals surface area contributed by atoms with Crippen LogP contribution in [0.15, 0.2) is 33.5 Å². The number of nitrogens with zero attached hydrogens (tertiary/aromatic N) is 1. The largest absolute Gasteiger partial charge is 0.457 e. The van der Waals surface area contributed by atoms with Gasteiger partial charge < -0.3 is 9.15 Å². The molecule has 6 heteroatoms. The van der Waals surface area contributed by atoms with Gasteiger partial charge in [0, 0.05) is 17.0 Å². The predicted octanol–water partition coefficient (Wildman–Crippen LogP) is 3.79. The molecule has 0 aliphatic carbocycles. The predicted molar refractivity (Wildman–Crippen MR) is 92.6 cm³/mol. The molecular formula is C18H17NO4S. The van der Waals surface area contributed by atoms with E-state index in [1.807, 2.05) is 32.0 Å². The Morgan fingerprint density at radius 2 is 2.08 bits per heavy atom. The number of aryl methyl sites for hydroxylation is 3. The highest BCUT2D eigenvalue weighted by molar-refractivity contribution is 7.13. The zero-order valence-corrected chi connectivity index (χ0v) is 14.5. The Labute approximate surface area is 142 Å². The van der Waals surface area contributed by atoms with Crippen LogP contribution >= 0.6 is 11.3 Å². The van der Waals surface area contributed by atoms with E-state index in [-0.39, 0.29) is 6.61 Å². The van der Waals surface area contributed by atoms with Crippen molar-refractivity contribution in [1.82, 2.24) is 4.98 Å². The molecule has 0 aliphatic rings. The van der Waals surface area contributed by atoms with Crippen LogP contribution in [0.2, 0.25) is 0 Å². The Hall–Kier alpha value is -2.47. The quantitative estimate of drug-likeness (QED) is 0.532. The number of ether oxygens (including phenoxy) is 1.